The van der Waals surface area contributed by atoms with Crippen LogP contribution in [-0.2, 0) is 0 Å². The number of phenols is 1. The zero-order valence-corrected chi connectivity index (χ0v) is 13.8. The molecule has 6 nitrogen and oxygen atoms in total. The molecule has 3 heterocycles. The number of ether oxygens (including phenoxy) is 1. The lowest BCUT2D eigenvalue weighted by Crippen LogP contribution is -1.93. The van der Waals surface area contributed by atoms with Gasteiger partial charge in [0, 0.05) is 35.0 Å². The molecule has 25 heavy (non-hydrogen) atoms. The molecule has 0 fully saturated rings. The van der Waals surface area contributed by atoms with Crippen LogP contribution in [-0.4, -0.2) is 32.4 Å². The first-order chi connectivity index (χ1) is 12.2. The molecule has 0 amide bonds. The first kappa shape index (κ1) is 15.1. The summed E-state index contributed by atoms with van der Waals surface area (Å²) >= 11 is 0. The van der Waals surface area contributed by atoms with E-state index in [0.717, 1.165) is 33.5 Å². The largest absolute Gasteiger partial charge is 0.504 e. The van der Waals surface area contributed by atoms with Crippen molar-refractivity contribution in [2.45, 2.75) is 6.92 Å². The Morgan fingerprint density at radius 2 is 1.96 bits per heavy atom. The summed E-state index contributed by atoms with van der Waals surface area (Å²) in [4.78, 5) is 9.20. The van der Waals surface area contributed by atoms with E-state index in [1.165, 1.54) is 7.11 Å². The van der Waals surface area contributed by atoms with Gasteiger partial charge in [-0.1, -0.05) is 6.07 Å². The zero-order chi connectivity index (χ0) is 17.4. The molecule has 0 saturated heterocycles. The third kappa shape index (κ3) is 2.67. The number of methoxy groups -OCH3 is 1. The topological polar surface area (TPSA) is 83.9 Å². The second-order valence-corrected chi connectivity index (χ2v) is 5.80. The van der Waals surface area contributed by atoms with Crippen molar-refractivity contribution in [2.24, 2.45) is 0 Å². The number of aromatic hydroxyl groups is 1. The fourth-order valence-electron chi connectivity index (χ4n) is 2.78. The van der Waals surface area contributed by atoms with Crippen LogP contribution in [0, 0.1) is 6.92 Å². The molecular weight excluding hydrogens is 316 g/mol. The van der Waals surface area contributed by atoms with Gasteiger partial charge in [-0.2, -0.15) is 5.10 Å². The van der Waals surface area contributed by atoms with E-state index < -0.39 is 0 Å². The van der Waals surface area contributed by atoms with Crippen molar-refractivity contribution in [1.29, 1.82) is 0 Å². The molecular formula is C19H16N4O2. The van der Waals surface area contributed by atoms with Gasteiger partial charge in [0.25, 0.3) is 0 Å². The van der Waals surface area contributed by atoms with Gasteiger partial charge in [0.05, 0.1) is 30.2 Å². The van der Waals surface area contributed by atoms with Crippen LogP contribution in [0.15, 0.2) is 48.9 Å². The number of rotatable bonds is 3. The van der Waals surface area contributed by atoms with Crippen molar-refractivity contribution in [3.63, 3.8) is 0 Å². The molecule has 0 atom stereocenters. The highest BCUT2D eigenvalue weighted by Gasteiger charge is 2.14. The average molecular weight is 332 g/mol. The van der Waals surface area contributed by atoms with Crippen molar-refractivity contribution in [1.82, 2.24) is 20.2 Å². The Morgan fingerprint density at radius 1 is 1.08 bits per heavy atom. The summed E-state index contributed by atoms with van der Waals surface area (Å²) in [6.07, 6.45) is 5.32. The van der Waals surface area contributed by atoms with E-state index in [-0.39, 0.29) is 5.75 Å². The van der Waals surface area contributed by atoms with E-state index in [1.807, 2.05) is 31.3 Å². The lowest BCUT2D eigenvalue weighted by molar-refractivity contribution is 0.374. The predicted molar refractivity (Wildman–Crippen MR) is 95.5 cm³/mol. The molecule has 124 valence electrons. The summed E-state index contributed by atoms with van der Waals surface area (Å²) in [5.41, 5.74) is 5.12. The number of nitrogens with zero attached hydrogens (tertiary/aromatic N) is 3. The number of hydrogen-bond donors (Lipinski definition) is 2. The van der Waals surface area contributed by atoms with Gasteiger partial charge in [-0.3, -0.25) is 10.1 Å². The van der Waals surface area contributed by atoms with Crippen molar-refractivity contribution < 1.29 is 9.84 Å². The molecule has 4 rings (SSSR count). The molecule has 0 bridgehead atoms. The van der Waals surface area contributed by atoms with Gasteiger partial charge < -0.3 is 9.84 Å². The van der Waals surface area contributed by atoms with Crippen LogP contribution >= 0.6 is 0 Å². The maximum absolute atomic E-state index is 10.1. The molecule has 2 N–H and O–H groups in total. The van der Waals surface area contributed by atoms with Crippen LogP contribution in [0.1, 0.15) is 5.56 Å². The Kier molecular flexibility index (Phi) is 3.57. The standard InChI is InChI=1S/C19H16N4O2/c1-11-3-4-15(20-8-11)13-5-16(12-9-21-22-10-12)23-17-7-18(24)19(25-2)6-14(13)17/h3-10,24H,1-2H3,(H,21,22). The Hall–Kier alpha value is -3.41. The Labute approximate surface area is 144 Å². The second-order valence-electron chi connectivity index (χ2n) is 5.80. The van der Waals surface area contributed by atoms with Gasteiger partial charge in [0.15, 0.2) is 11.5 Å². The van der Waals surface area contributed by atoms with Crippen LogP contribution in [0.3, 0.4) is 0 Å². The number of aryl methyl sites for hydroxylation is 1. The fourth-order valence-corrected chi connectivity index (χ4v) is 2.78. The normalized spacial score (nSPS) is 11.0. The highest BCUT2D eigenvalue weighted by atomic mass is 16.5. The highest BCUT2D eigenvalue weighted by Crippen LogP contribution is 2.37. The number of aromatic nitrogens is 4. The molecule has 0 saturated carbocycles. The minimum atomic E-state index is 0.0506. The van der Waals surface area contributed by atoms with Crippen LogP contribution in [0.4, 0.5) is 0 Å². The molecule has 0 aliphatic carbocycles. The number of fused-ring (bicyclic) bond motifs is 1. The molecule has 0 aliphatic heterocycles. The van der Waals surface area contributed by atoms with Gasteiger partial charge in [-0.25, -0.2) is 4.98 Å². The minimum Gasteiger partial charge on any atom is -0.504 e. The number of benzene rings is 1. The van der Waals surface area contributed by atoms with E-state index in [2.05, 4.69) is 20.2 Å². The van der Waals surface area contributed by atoms with E-state index in [9.17, 15) is 5.11 Å². The smallest absolute Gasteiger partial charge is 0.161 e. The highest BCUT2D eigenvalue weighted by molar-refractivity contribution is 5.97. The molecule has 0 unspecified atom stereocenters. The molecule has 0 spiro atoms. The van der Waals surface area contributed by atoms with Crippen molar-refractivity contribution in [3.05, 3.63) is 54.5 Å². The van der Waals surface area contributed by atoms with Gasteiger partial charge in [-0.15, -0.1) is 0 Å². The lowest BCUT2D eigenvalue weighted by atomic mass is 10.0. The van der Waals surface area contributed by atoms with Crippen molar-refractivity contribution >= 4 is 10.9 Å². The fraction of sp³-hybridized carbons (Fsp3) is 0.105. The number of aromatic amines is 1. The molecule has 0 radical (unpaired) electrons. The quantitative estimate of drug-likeness (QED) is 0.597. The van der Waals surface area contributed by atoms with Gasteiger partial charge >= 0.3 is 0 Å². The van der Waals surface area contributed by atoms with E-state index in [1.54, 1.807) is 24.5 Å². The van der Waals surface area contributed by atoms with E-state index in [4.69, 9.17) is 4.74 Å². The lowest BCUT2D eigenvalue weighted by Gasteiger charge is -2.11. The summed E-state index contributed by atoms with van der Waals surface area (Å²) in [7, 11) is 1.53. The van der Waals surface area contributed by atoms with Gasteiger partial charge in [0.1, 0.15) is 0 Å². The minimum absolute atomic E-state index is 0.0506. The molecule has 0 aliphatic rings. The van der Waals surface area contributed by atoms with Crippen LogP contribution in [0.25, 0.3) is 33.4 Å². The van der Waals surface area contributed by atoms with E-state index >= 15 is 0 Å². The van der Waals surface area contributed by atoms with Crippen LogP contribution < -0.4 is 4.74 Å². The van der Waals surface area contributed by atoms with Gasteiger partial charge in [0.2, 0.25) is 0 Å². The number of pyridine rings is 2. The van der Waals surface area contributed by atoms with E-state index in [0.29, 0.717) is 11.3 Å². The number of phenolic OH excluding ortho intramolecular Hbond substituents is 1. The summed E-state index contributed by atoms with van der Waals surface area (Å²) < 4.78 is 5.25. The first-order valence-electron chi connectivity index (χ1n) is 7.79. The Balaban J connectivity index is 2.04. The summed E-state index contributed by atoms with van der Waals surface area (Å²) in [5, 5.41) is 17.8. The van der Waals surface area contributed by atoms with Gasteiger partial charge in [-0.05, 0) is 30.7 Å². The van der Waals surface area contributed by atoms with Crippen molar-refractivity contribution in [3.8, 4) is 34.0 Å². The number of H-pyrrole nitrogens is 1. The number of hydrogen-bond acceptors (Lipinski definition) is 5. The molecule has 3 aromatic heterocycles. The number of nitrogens with one attached hydrogen (secondary N) is 1. The predicted octanol–water partition coefficient (Wildman–Crippen LogP) is 3.71. The SMILES string of the molecule is COc1cc2c(-c3ccc(C)cn3)cc(-c3cn[nH]c3)nc2cc1O. The molecule has 1 aromatic carbocycles. The van der Waals surface area contributed by atoms with Crippen molar-refractivity contribution in [2.75, 3.05) is 7.11 Å². The summed E-state index contributed by atoms with van der Waals surface area (Å²) in [6, 6.07) is 9.36. The maximum Gasteiger partial charge on any atom is 0.161 e. The summed E-state index contributed by atoms with van der Waals surface area (Å²) in [6.45, 7) is 2.00. The second kappa shape index (κ2) is 5.90. The average Bonchev–Trinajstić information content (AvgIpc) is 3.15. The van der Waals surface area contributed by atoms with Crippen LogP contribution in [0.2, 0.25) is 0 Å². The summed E-state index contributed by atoms with van der Waals surface area (Å²) in [5.74, 6) is 0.452. The Morgan fingerprint density at radius 3 is 2.64 bits per heavy atom. The Bertz CT molecular complexity index is 1040. The third-order valence-electron chi connectivity index (χ3n) is 4.09. The molecule has 4 aromatic rings. The first-order valence-corrected chi connectivity index (χ1v) is 7.79. The zero-order valence-electron chi connectivity index (χ0n) is 13.8. The third-order valence-corrected chi connectivity index (χ3v) is 4.09. The monoisotopic (exact) mass is 332 g/mol. The van der Waals surface area contributed by atoms with Crippen LogP contribution in [0.5, 0.6) is 11.5 Å². The maximum atomic E-state index is 10.1. The molecule has 6 heteroatoms.